The zero-order chi connectivity index (χ0) is 22.0. The van der Waals surface area contributed by atoms with Crippen LogP contribution in [0.2, 0.25) is 0 Å². The van der Waals surface area contributed by atoms with Crippen molar-refractivity contribution < 1.29 is 27.9 Å². The first kappa shape index (κ1) is 22.7. The zero-order valence-electron chi connectivity index (χ0n) is 17.0. The molecule has 2 amide bonds. The Labute approximate surface area is 170 Å². The number of carboxylic acid groups (broad SMARTS) is 1. The molecule has 1 atom stereocenters. The molecule has 9 nitrogen and oxygen atoms in total. The summed E-state index contributed by atoms with van der Waals surface area (Å²) in [6, 6.07) is 5.25. The van der Waals surface area contributed by atoms with Gasteiger partial charge in [-0.15, -0.1) is 0 Å². The summed E-state index contributed by atoms with van der Waals surface area (Å²) in [6.07, 6.45) is 1.92. The van der Waals surface area contributed by atoms with E-state index in [4.69, 9.17) is 0 Å². The van der Waals surface area contributed by atoms with Gasteiger partial charge in [-0.25, -0.2) is 13.2 Å². The molecule has 0 heterocycles. The third kappa shape index (κ3) is 5.06. The number of carboxylic acids is 1. The number of anilines is 1. The summed E-state index contributed by atoms with van der Waals surface area (Å²) in [5.74, 6) is -2.11. The van der Waals surface area contributed by atoms with Crippen molar-refractivity contribution in [1.82, 2.24) is 10.2 Å². The van der Waals surface area contributed by atoms with E-state index < -0.39 is 33.4 Å². The van der Waals surface area contributed by atoms with Gasteiger partial charge in [-0.05, 0) is 37.5 Å². The third-order valence-electron chi connectivity index (χ3n) is 4.96. The number of nitrogens with zero attached hydrogens (tertiary/aromatic N) is 2. The van der Waals surface area contributed by atoms with Crippen molar-refractivity contribution in [3.8, 4) is 0 Å². The Kier molecular flexibility index (Phi) is 6.56. The molecule has 1 aromatic carbocycles. The summed E-state index contributed by atoms with van der Waals surface area (Å²) in [6.45, 7) is 1.99. The lowest BCUT2D eigenvalue weighted by Crippen LogP contribution is -2.49. The molecule has 2 N–H and O–H groups in total. The molecule has 1 aliphatic carbocycles. The second-order valence-electron chi connectivity index (χ2n) is 7.44. The normalized spacial score (nSPS) is 15.9. The van der Waals surface area contributed by atoms with Gasteiger partial charge in [-0.2, -0.15) is 0 Å². The summed E-state index contributed by atoms with van der Waals surface area (Å²) in [4.78, 5) is 37.8. The zero-order valence-corrected chi connectivity index (χ0v) is 17.8. The largest absolute Gasteiger partial charge is 0.480 e. The van der Waals surface area contributed by atoms with E-state index >= 15 is 0 Å². The SMILES string of the molecule is CCN(c1ccc(CC(NC(=O)C2(C(=O)N(C)C)CC2)C(=O)O)cc1)S(C)(=O)=O. The van der Waals surface area contributed by atoms with Crippen LogP contribution in [0.15, 0.2) is 24.3 Å². The lowest BCUT2D eigenvalue weighted by Gasteiger charge is -2.22. The minimum absolute atomic E-state index is 0.0125. The van der Waals surface area contributed by atoms with Crippen LogP contribution in [-0.4, -0.2) is 69.1 Å². The van der Waals surface area contributed by atoms with Crippen molar-refractivity contribution in [2.24, 2.45) is 5.41 Å². The Morgan fingerprint density at radius 1 is 1.17 bits per heavy atom. The van der Waals surface area contributed by atoms with Crippen molar-refractivity contribution in [3.63, 3.8) is 0 Å². The molecule has 0 aliphatic heterocycles. The van der Waals surface area contributed by atoms with Gasteiger partial charge in [0.2, 0.25) is 21.8 Å². The van der Waals surface area contributed by atoms with Crippen molar-refractivity contribution in [1.29, 1.82) is 0 Å². The maximum absolute atomic E-state index is 12.6. The fourth-order valence-corrected chi connectivity index (χ4v) is 4.20. The van der Waals surface area contributed by atoms with E-state index in [-0.39, 0.29) is 18.9 Å². The van der Waals surface area contributed by atoms with Crippen LogP contribution in [0, 0.1) is 5.41 Å². The lowest BCUT2D eigenvalue weighted by molar-refractivity contribution is -0.147. The van der Waals surface area contributed by atoms with Crippen molar-refractivity contribution in [2.45, 2.75) is 32.2 Å². The summed E-state index contributed by atoms with van der Waals surface area (Å²) in [5.41, 5.74) is -0.0731. The molecule has 0 radical (unpaired) electrons. The summed E-state index contributed by atoms with van der Waals surface area (Å²) >= 11 is 0. The second kappa shape index (κ2) is 8.40. The van der Waals surface area contributed by atoms with Crippen molar-refractivity contribution in [3.05, 3.63) is 29.8 Å². The van der Waals surface area contributed by atoms with Crippen LogP contribution in [0.4, 0.5) is 5.69 Å². The van der Waals surface area contributed by atoms with Crippen LogP contribution in [0.25, 0.3) is 0 Å². The fourth-order valence-electron chi connectivity index (χ4n) is 3.23. The average molecular weight is 426 g/mol. The minimum atomic E-state index is -3.41. The smallest absolute Gasteiger partial charge is 0.326 e. The molecular formula is C19H27N3O6S. The molecule has 0 aromatic heterocycles. The lowest BCUT2D eigenvalue weighted by atomic mass is 10.0. The highest BCUT2D eigenvalue weighted by Gasteiger charge is 2.57. The summed E-state index contributed by atoms with van der Waals surface area (Å²) < 4.78 is 24.9. The van der Waals surface area contributed by atoms with E-state index in [1.165, 1.54) is 9.21 Å². The highest BCUT2D eigenvalue weighted by molar-refractivity contribution is 7.92. The Hall–Kier alpha value is -2.62. The Morgan fingerprint density at radius 3 is 2.10 bits per heavy atom. The van der Waals surface area contributed by atoms with Gasteiger partial charge >= 0.3 is 5.97 Å². The topological polar surface area (TPSA) is 124 Å². The molecule has 1 unspecified atom stereocenters. The standard InChI is InChI=1S/C19H27N3O6S/c1-5-22(29(4,27)28)14-8-6-13(7-9-14)12-15(16(23)24)20-17(25)19(10-11-19)18(26)21(2)3/h6-9,15H,5,10-12H2,1-4H3,(H,20,25)(H,23,24). The van der Waals surface area contributed by atoms with Gasteiger partial charge in [0, 0.05) is 27.1 Å². The number of aliphatic carboxylic acids is 1. The van der Waals surface area contributed by atoms with E-state index in [0.717, 1.165) is 6.26 Å². The predicted octanol–water partition coefficient (Wildman–Crippen LogP) is 0.453. The number of sulfonamides is 1. The molecule has 0 saturated heterocycles. The van der Waals surface area contributed by atoms with Crippen LogP contribution in [0.1, 0.15) is 25.3 Å². The van der Waals surface area contributed by atoms with Crippen LogP contribution in [0.3, 0.4) is 0 Å². The van der Waals surface area contributed by atoms with Crippen LogP contribution in [0.5, 0.6) is 0 Å². The number of nitrogens with one attached hydrogen (secondary N) is 1. The van der Waals surface area contributed by atoms with Gasteiger partial charge < -0.3 is 15.3 Å². The van der Waals surface area contributed by atoms with Crippen LogP contribution >= 0.6 is 0 Å². The quantitative estimate of drug-likeness (QED) is 0.554. The number of amides is 2. The highest BCUT2D eigenvalue weighted by atomic mass is 32.2. The van der Waals surface area contributed by atoms with E-state index in [2.05, 4.69) is 5.32 Å². The third-order valence-corrected chi connectivity index (χ3v) is 6.23. The van der Waals surface area contributed by atoms with Gasteiger partial charge in [0.05, 0.1) is 11.9 Å². The summed E-state index contributed by atoms with van der Waals surface area (Å²) in [7, 11) is -0.297. The maximum atomic E-state index is 12.6. The number of rotatable bonds is 9. The molecule has 1 aliphatic rings. The minimum Gasteiger partial charge on any atom is -0.480 e. The first-order chi connectivity index (χ1) is 13.4. The Morgan fingerprint density at radius 2 is 1.72 bits per heavy atom. The van der Waals surface area contributed by atoms with Crippen LogP contribution < -0.4 is 9.62 Å². The number of hydrogen-bond donors (Lipinski definition) is 2. The van der Waals surface area contributed by atoms with E-state index in [0.29, 0.717) is 24.1 Å². The molecule has 1 saturated carbocycles. The van der Waals surface area contributed by atoms with Crippen LogP contribution in [-0.2, 0) is 30.8 Å². The van der Waals surface area contributed by atoms with E-state index in [1.54, 1.807) is 45.3 Å². The highest BCUT2D eigenvalue weighted by Crippen LogP contribution is 2.47. The molecule has 0 spiro atoms. The molecule has 2 rings (SSSR count). The fraction of sp³-hybridized carbons (Fsp3) is 0.526. The van der Waals surface area contributed by atoms with E-state index in [9.17, 15) is 27.9 Å². The number of carbonyl (C=O) groups is 3. The molecule has 1 fully saturated rings. The molecule has 160 valence electrons. The first-order valence-corrected chi connectivity index (χ1v) is 11.1. The van der Waals surface area contributed by atoms with Gasteiger partial charge in [0.25, 0.3) is 0 Å². The monoisotopic (exact) mass is 425 g/mol. The number of hydrogen-bond acceptors (Lipinski definition) is 5. The Balaban J connectivity index is 2.13. The van der Waals surface area contributed by atoms with Gasteiger partial charge in [-0.1, -0.05) is 12.1 Å². The number of benzene rings is 1. The average Bonchev–Trinajstić information content (AvgIpc) is 3.43. The van der Waals surface area contributed by atoms with Gasteiger partial charge in [0.15, 0.2) is 0 Å². The second-order valence-corrected chi connectivity index (χ2v) is 9.35. The van der Waals surface area contributed by atoms with Gasteiger partial charge in [-0.3, -0.25) is 13.9 Å². The molecular weight excluding hydrogens is 398 g/mol. The molecule has 1 aromatic rings. The summed E-state index contributed by atoms with van der Waals surface area (Å²) in [5, 5.41) is 12.0. The Bertz CT molecular complexity index is 891. The molecule has 0 bridgehead atoms. The van der Waals surface area contributed by atoms with E-state index in [1.807, 2.05) is 0 Å². The van der Waals surface area contributed by atoms with Gasteiger partial charge in [0.1, 0.15) is 11.5 Å². The molecule has 29 heavy (non-hydrogen) atoms. The van der Waals surface area contributed by atoms with Crippen molar-refractivity contribution >= 4 is 33.5 Å². The maximum Gasteiger partial charge on any atom is 0.326 e. The first-order valence-electron chi connectivity index (χ1n) is 9.24. The molecule has 10 heteroatoms. The number of carbonyl (C=O) groups excluding carboxylic acids is 2. The predicted molar refractivity (Wildman–Crippen MR) is 108 cm³/mol. The van der Waals surface area contributed by atoms with Crippen molar-refractivity contribution in [2.75, 3.05) is 31.2 Å².